The van der Waals surface area contributed by atoms with Crippen LogP contribution in [0.5, 0.6) is 0 Å². The average molecular weight is 285 g/mol. The third-order valence-electron chi connectivity index (χ3n) is 3.41. The Morgan fingerprint density at radius 3 is 2.95 bits per heavy atom. The van der Waals surface area contributed by atoms with Crippen LogP contribution in [0.25, 0.3) is 0 Å². The zero-order valence-electron chi connectivity index (χ0n) is 10.3. The summed E-state index contributed by atoms with van der Waals surface area (Å²) >= 11 is 1.01. The van der Waals surface area contributed by atoms with Gasteiger partial charge in [-0.1, -0.05) is 6.42 Å². The molecule has 0 unspecified atom stereocenters. The molecule has 1 spiro atoms. The van der Waals surface area contributed by atoms with Crippen molar-refractivity contribution in [2.45, 2.75) is 44.0 Å². The summed E-state index contributed by atoms with van der Waals surface area (Å²) in [7, 11) is 0. The van der Waals surface area contributed by atoms with Gasteiger partial charge in [0.1, 0.15) is 6.10 Å². The predicted octanol–water partition coefficient (Wildman–Crippen LogP) is 2.38. The molecule has 0 radical (unpaired) electrons. The number of carbonyl (C=O) groups is 1. The highest BCUT2D eigenvalue weighted by Gasteiger charge is 2.44. The summed E-state index contributed by atoms with van der Waals surface area (Å²) in [6.07, 6.45) is 3.84. The Bertz CT molecular complexity index is 472. The molecule has 8 heteroatoms. The fourth-order valence-electron chi connectivity index (χ4n) is 2.54. The second-order valence-electron chi connectivity index (χ2n) is 4.78. The average Bonchev–Trinajstić information content (AvgIpc) is 2.97. The molecule has 0 bridgehead atoms. The van der Waals surface area contributed by atoms with Crippen molar-refractivity contribution in [2.24, 2.45) is 0 Å². The molecule has 1 aromatic rings. The molecule has 104 valence electrons. The molecule has 19 heavy (non-hydrogen) atoms. The first-order valence-electron chi connectivity index (χ1n) is 6.32. The van der Waals surface area contributed by atoms with Crippen molar-refractivity contribution in [2.75, 3.05) is 11.9 Å². The predicted molar refractivity (Wildman–Crippen MR) is 67.2 cm³/mol. The molecule has 1 saturated heterocycles. The zero-order chi connectivity index (χ0) is 13.3. The summed E-state index contributed by atoms with van der Waals surface area (Å²) in [4.78, 5) is 14.6. The molecule has 2 aliphatic rings. The number of anilines is 1. The molecule has 2 N–H and O–H groups in total. The summed E-state index contributed by atoms with van der Waals surface area (Å²) in [5, 5.41) is 11.1. The Balaban J connectivity index is 1.67. The number of ether oxygens (including phenoxy) is 2. The maximum atomic E-state index is 10.5. The second kappa shape index (κ2) is 5.03. The molecule has 0 aromatic carbocycles. The maximum absolute atomic E-state index is 10.5. The Hall–Kier alpha value is -1.25. The van der Waals surface area contributed by atoms with Crippen molar-refractivity contribution >= 4 is 22.8 Å². The third kappa shape index (κ3) is 2.70. The van der Waals surface area contributed by atoms with Crippen LogP contribution >= 0.6 is 11.5 Å². The Morgan fingerprint density at radius 1 is 1.42 bits per heavy atom. The minimum Gasteiger partial charge on any atom is -0.465 e. The van der Waals surface area contributed by atoms with Crippen molar-refractivity contribution in [1.29, 1.82) is 0 Å². The highest BCUT2D eigenvalue weighted by Crippen LogP contribution is 2.42. The summed E-state index contributed by atoms with van der Waals surface area (Å²) in [5.74, 6) is 0.0328. The number of nitrogens with one attached hydrogen (secondary N) is 1. The van der Waals surface area contributed by atoms with Gasteiger partial charge in [-0.15, -0.1) is 0 Å². The van der Waals surface area contributed by atoms with Gasteiger partial charge in [0.2, 0.25) is 5.13 Å². The number of carboxylic acid groups (broad SMARTS) is 1. The van der Waals surface area contributed by atoms with E-state index in [-0.39, 0.29) is 11.2 Å². The Morgan fingerprint density at radius 2 is 2.21 bits per heavy atom. The SMILES string of the molecule is O=C(O)Nc1nc([C@H]2COC3(CCCCC3)O2)ns1. The monoisotopic (exact) mass is 285 g/mol. The second-order valence-corrected chi connectivity index (χ2v) is 5.53. The molecule has 1 aliphatic heterocycles. The molecule has 2 heterocycles. The molecule has 7 nitrogen and oxygen atoms in total. The molecule has 1 aliphatic carbocycles. The van der Waals surface area contributed by atoms with Crippen molar-refractivity contribution in [3.05, 3.63) is 5.82 Å². The van der Waals surface area contributed by atoms with E-state index in [9.17, 15) is 4.79 Å². The minimum absolute atomic E-state index is 0.260. The van der Waals surface area contributed by atoms with Crippen LogP contribution in [0.1, 0.15) is 44.0 Å². The fraction of sp³-hybridized carbons (Fsp3) is 0.727. The summed E-state index contributed by atoms with van der Waals surface area (Å²) < 4.78 is 15.9. The number of nitrogens with zero attached hydrogens (tertiary/aromatic N) is 2. The number of amides is 1. The molecule has 1 aromatic heterocycles. The van der Waals surface area contributed by atoms with Gasteiger partial charge in [-0.25, -0.2) is 9.78 Å². The van der Waals surface area contributed by atoms with E-state index in [1.807, 2.05) is 0 Å². The van der Waals surface area contributed by atoms with Gasteiger partial charge in [0.15, 0.2) is 11.6 Å². The highest BCUT2D eigenvalue weighted by molar-refractivity contribution is 7.09. The largest absolute Gasteiger partial charge is 0.465 e. The van der Waals surface area contributed by atoms with Gasteiger partial charge in [0.25, 0.3) is 0 Å². The lowest BCUT2D eigenvalue weighted by molar-refractivity contribution is -0.188. The lowest BCUT2D eigenvalue weighted by atomic mass is 9.94. The van der Waals surface area contributed by atoms with Gasteiger partial charge in [-0.05, 0) is 12.8 Å². The first-order chi connectivity index (χ1) is 9.17. The molecule has 2 fully saturated rings. The molecule has 1 atom stereocenters. The molecule has 1 saturated carbocycles. The topological polar surface area (TPSA) is 93.6 Å². The Kier molecular flexibility index (Phi) is 3.38. The first-order valence-corrected chi connectivity index (χ1v) is 7.10. The van der Waals surface area contributed by atoms with Crippen LogP contribution in [0.3, 0.4) is 0 Å². The van der Waals surface area contributed by atoms with Crippen molar-refractivity contribution in [1.82, 2.24) is 9.36 Å². The first kappa shape index (κ1) is 12.8. The molecule has 1 amide bonds. The van der Waals surface area contributed by atoms with Gasteiger partial charge in [-0.3, -0.25) is 5.32 Å². The summed E-state index contributed by atoms with van der Waals surface area (Å²) in [6, 6.07) is 0. The number of rotatable bonds is 2. The summed E-state index contributed by atoms with van der Waals surface area (Å²) in [5.41, 5.74) is 0. The van der Waals surface area contributed by atoms with E-state index in [4.69, 9.17) is 14.6 Å². The van der Waals surface area contributed by atoms with Gasteiger partial charge >= 0.3 is 6.09 Å². The van der Waals surface area contributed by atoms with E-state index in [1.54, 1.807) is 0 Å². The lowest BCUT2D eigenvalue weighted by Crippen LogP contribution is -2.32. The maximum Gasteiger partial charge on any atom is 0.411 e. The van der Waals surface area contributed by atoms with E-state index < -0.39 is 11.9 Å². The Labute approximate surface area is 114 Å². The van der Waals surface area contributed by atoms with E-state index in [1.165, 1.54) is 6.42 Å². The normalized spacial score (nSPS) is 25.6. The van der Waals surface area contributed by atoms with Crippen LogP contribution in [-0.4, -0.2) is 33.0 Å². The molecular formula is C11H15N3O4S. The smallest absolute Gasteiger partial charge is 0.411 e. The van der Waals surface area contributed by atoms with Gasteiger partial charge in [0.05, 0.1) is 6.61 Å². The third-order valence-corrected chi connectivity index (χ3v) is 4.06. The number of aromatic nitrogens is 2. The van der Waals surface area contributed by atoms with Gasteiger partial charge < -0.3 is 14.6 Å². The zero-order valence-corrected chi connectivity index (χ0v) is 11.1. The van der Waals surface area contributed by atoms with E-state index in [0.717, 1.165) is 37.2 Å². The fourth-order valence-corrected chi connectivity index (χ4v) is 3.15. The van der Waals surface area contributed by atoms with Gasteiger partial charge in [0, 0.05) is 24.4 Å². The van der Waals surface area contributed by atoms with Crippen molar-refractivity contribution < 1.29 is 19.4 Å². The summed E-state index contributed by atoms with van der Waals surface area (Å²) in [6.45, 7) is 0.434. The van der Waals surface area contributed by atoms with Crippen molar-refractivity contribution in [3.63, 3.8) is 0 Å². The van der Waals surface area contributed by atoms with Crippen LogP contribution in [0.2, 0.25) is 0 Å². The standard InChI is InChI=1S/C11H15N3O4S/c15-10(16)13-9-12-8(14-19-9)7-6-17-11(18-7)4-2-1-3-5-11/h7H,1-6H2,(H,15,16)(H,12,13,14)/t7-/m1/s1. The highest BCUT2D eigenvalue weighted by atomic mass is 32.1. The van der Waals surface area contributed by atoms with Gasteiger partial charge in [-0.2, -0.15) is 4.37 Å². The minimum atomic E-state index is -1.14. The van der Waals surface area contributed by atoms with Crippen LogP contribution < -0.4 is 5.32 Å². The van der Waals surface area contributed by atoms with E-state index in [0.29, 0.717) is 12.4 Å². The van der Waals surface area contributed by atoms with Crippen LogP contribution in [0.4, 0.5) is 9.93 Å². The van der Waals surface area contributed by atoms with E-state index >= 15 is 0 Å². The van der Waals surface area contributed by atoms with Crippen LogP contribution in [0.15, 0.2) is 0 Å². The molecular weight excluding hydrogens is 270 g/mol. The van der Waals surface area contributed by atoms with Crippen LogP contribution in [-0.2, 0) is 9.47 Å². The van der Waals surface area contributed by atoms with Crippen LogP contribution in [0, 0.1) is 0 Å². The quantitative estimate of drug-likeness (QED) is 0.866. The number of hydrogen-bond acceptors (Lipinski definition) is 6. The van der Waals surface area contributed by atoms with E-state index in [2.05, 4.69) is 14.7 Å². The lowest BCUT2D eigenvalue weighted by Gasteiger charge is -2.31. The van der Waals surface area contributed by atoms with Crippen molar-refractivity contribution in [3.8, 4) is 0 Å². The number of hydrogen-bond donors (Lipinski definition) is 2. The molecule has 3 rings (SSSR count).